The molecule has 332 valence electrons. The van der Waals surface area contributed by atoms with Crippen molar-refractivity contribution in [2.45, 2.75) is 0 Å². The Morgan fingerprint density at radius 2 is 0.471 bits per heavy atom. The van der Waals surface area contributed by atoms with E-state index in [1.54, 1.807) is 0 Å². The van der Waals surface area contributed by atoms with E-state index in [-0.39, 0.29) is 0 Å². The zero-order valence-electron chi connectivity index (χ0n) is 38.5. The van der Waals surface area contributed by atoms with Crippen LogP contribution in [0.4, 0.5) is 51.2 Å². The molecule has 70 heavy (non-hydrogen) atoms. The van der Waals surface area contributed by atoms with Crippen LogP contribution < -0.4 is 14.7 Å². The third-order valence-electron chi connectivity index (χ3n) is 13.2. The molecule has 12 rings (SSSR count). The Bertz CT molecular complexity index is 3610. The smallest absolute Gasteiger partial charge is 0.0541 e. The molecule has 0 unspecified atom stereocenters. The van der Waals surface area contributed by atoms with Crippen LogP contribution >= 0.6 is 0 Å². The maximum Gasteiger partial charge on any atom is 0.0541 e. The van der Waals surface area contributed by atoms with Crippen molar-refractivity contribution < 1.29 is 0 Å². The van der Waals surface area contributed by atoms with Gasteiger partial charge in [-0.2, -0.15) is 0 Å². The number of rotatable bonds is 12. The Hall–Kier alpha value is -9.38. The highest BCUT2D eigenvalue weighted by Gasteiger charge is 2.18. The van der Waals surface area contributed by atoms with Crippen LogP contribution in [0, 0.1) is 0 Å². The van der Waals surface area contributed by atoms with E-state index in [2.05, 4.69) is 310 Å². The summed E-state index contributed by atoms with van der Waals surface area (Å²) >= 11 is 0. The van der Waals surface area contributed by atoms with Crippen molar-refractivity contribution in [3.8, 4) is 27.9 Å². The normalized spacial score (nSPS) is 11.1. The molecule has 12 aromatic rings. The van der Waals surface area contributed by atoms with E-state index < -0.39 is 0 Å². The third-order valence-corrected chi connectivity index (χ3v) is 13.2. The monoisotopic (exact) mass is 896 g/mol. The van der Waals surface area contributed by atoms with Crippen molar-refractivity contribution in [2.75, 3.05) is 14.7 Å². The molecule has 0 radical (unpaired) electrons. The Labute approximate surface area is 409 Å². The molecule has 0 aliphatic heterocycles. The topological polar surface area (TPSA) is 14.7 Å². The summed E-state index contributed by atoms with van der Waals surface area (Å²) in [4.78, 5) is 6.94. The van der Waals surface area contributed by atoms with Crippen LogP contribution in [0.1, 0.15) is 0 Å². The van der Waals surface area contributed by atoms with Crippen molar-refractivity contribution in [3.05, 3.63) is 291 Å². The van der Waals surface area contributed by atoms with Crippen molar-refractivity contribution >= 4 is 73.0 Å². The van der Waals surface area contributed by atoms with Gasteiger partial charge in [-0.15, -0.1) is 0 Å². The Morgan fingerprint density at radius 1 is 0.200 bits per heavy atom. The van der Waals surface area contributed by atoms with Crippen LogP contribution in [0.3, 0.4) is 0 Å². The minimum atomic E-state index is 1.08. The summed E-state index contributed by atoms with van der Waals surface area (Å²) < 4.78 is 2.36. The number of anilines is 9. The molecule has 0 aliphatic rings. The van der Waals surface area contributed by atoms with Crippen molar-refractivity contribution in [1.82, 2.24) is 4.57 Å². The first kappa shape index (κ1) is 42.0. The van der Waals surface area contributed by atoms with Crippen LogP contribution in [0.2, 0.25) is 0 Å². The van der Waals surface area contributed by atoms with E-state index in [0.29, 0.717) is 0 Å². The summed E-state index contributed by atoms with van der Waals surface area (Å²) in [6.07, 6.45) is 0. The molecular weight excluding hydrogens is 849 g/mol. The van der Waals surface area contributed by atoms with Gasteiger partial charge in [0, 0.05) is 67.6 Å². The average molecular weight is 897 g/mol. The fourth-order valence-corrected chi connectivity index (χ4v) is 9.82. The second-order valence-electron chi connectivity index (χ2n) is 17.4. The highest BCUT2D eigenvalue weighted by Crippen LogP contribution is 2.42. The molecule has 0 bridgehead atoms. The zero-order chi connectivity index (χ0) is 46.6. The number of hydrogen-bond donors (Lipinski definition) is 0. The van der Waals surface area contributed by atoms with E-state index in [0.717, 1.165) is 68.0 Å². The molecule has 4 heteroatoms. The highest BCUT2D eigenvalue weighted by molar-refractivity contribution is 6.10. The van der Waals surface area contributed by atoms with Gasteiger partial charge in [0.15, 0.2) is 0 Å². The standard InChI is InChI=1S/C66H48N4/c1-6-18-53(19-7-1)67(54-20-8-2-9-21-54)61-43-45-62(46-44-61)69(56-24-12-4-13-25-56)59-39-32-50(33-40-59)49-30-37-58(38-31-49)68(55-22-10-3-11-23-55)60-41-34-51(35-42-60)52-36-47-66-64(48-52)63-28-16-17-29-65(63)70(66)57-26-14-5-15-27-57/h1-48H. The molecule has 0 amide bonds. The van der Waals surface area contributed by atoms with Gasteiger partial charge in [0.05, 0.1) is 11.0 Å². The van der Waals surface area contributed by atoms with Gasteiger partial charge in [-0.3, -0.25) is 0 Å². The molecule has 0 saturated heterocycles. The van der Waals surface area contributed by atoms with Crippen molar-refractivity contribution in [2.24, 2.45) is 0 Å². The Morgan fingerprint density at radius 3 is 0.857 bits per heavy atom. The summed E-state index contributed by atoms with van der Waals surface area (Å²) in [5, 5.41) is 2.50. The first-order valence-electron chi connectivity index (χ1n) is 23.8. The van der Waals surface area contributed by atoms with E-state index >= 15 is 0 Å². The number of nitrogens with zero attached hydrogens (tertiary/aromatic N) is 4. The van der Waals surface area contributed by atoms with Crippen LogP contribution in [0.25, 0.3) is 49.7 Å². The predicted octanol–water partition coefficient (Wildman–Crippen LogP) is 18.5. The van der Waals surface area contributed by atoms with E-state index in [4.69, 9.17) is 0 Å². The van der Waals surface area contributed by atoms with Gasteiger partial charge in [0.25, 0.3) is 0 Å². The van der Waals surface area contributed by atoms with E-state index in [1.165, 1.54) is 32.9 Å². The fourth-order valence-electron chi connectivity index (χ4n) is 9.82. The molecule has 0 N–H and O–H groups in total. The van der Waals surface area contributed by atoms with Crippen LogP contribution in [0.5, 0.6) is 0 Å². The molecule has 1 heterocycles. The van der Waals surface area contributed by atoms with E-state index in [9.17, 15) is 0 Å². The lowest BCUT2D eigenvalue weighted by Crippen LogP contribution is -2.12. The first-order valence-corrected chi connectivity index (χ1v) is 23.8. The molecule has 0 aliphatic carbocycles. The van der Waals surface area contributed by atoms with Gasteiger partial charge in [-0.1, -0.05) is 152 Å². The maximum absolute atomic E-state index is 2.36. The number of fused-ring (bicyclic) bond motifs is 3. The quantitative estimate of drug-likeness (QED) is 0.121. The van der Waals surface area contributed by atoms with Gasteiger partial charge in [0.1, 0.15) is 0 Å². The summed E-state index contributed by atoms with van der Waals surface area (Å²) in [5.41, 5.74) is 18.1. The SMILES string of the molecule is c1ccc(N(c2ccc(-c3ccc(N(c4ccccc4)c4ccc(N(c5ccccc5)c5ccccc5)cc4)cc3)cc2)c2ccc(-c3ccc4c(c3)c3ccccc3n4-c3ccccc3)cc2)cc1. The van der Waals surface area contributed by atoms with Crippen LogP contribution in [-0.4, -0.2) is 4.57 Å². The Kier molecular flexibility index (Phi) is 11.2. The average Bonchev–Trinajstić information content (AvgIpc) is 3.77. The van der Waals surface area contributed by atoms with Gasteiger partial charge in [0.2, 0.25) is 0 Å². The van der Waals surface area contributed by atoms with Crippen LogP contribution in [0.15, 0.2) is 291 Å². The molecule has 0 fully saturated rings. The minimum absolute atomic E-state index is 1.08. The highest BCUT2D eigenvalue weighted by atomic mass is 15.2. The second-order valence-corrected chi connectivity index (χ2v) is 17.4. The molecule has 4 nitrogen and oxygen atoms in total. The summed E-state index contributed by atoms with van der Waals surface area (Å²) in [7, 11) is 0. The number of para-hydroxylation sites is 6. The lowest BCUT2D eigenvalue weighted by Gasteiger charge is -2.28. The molecule has 0 spiro atoms. The number of hydrogen-bond acceptors (Lipinski definition) is 3. The summed E-state index contributed by atoms with van der Waals surface area (Å²) in [6.45, 7) is 0. The molecule has 1 aromatic heterocycles. The van der Waals surface area contributed by atoms with E-state index in [1.807, 2.05) is 0 Å². The summed E-state index contributed by atoms with van der Waals surface area (Å²) in [6, 6.07) is 104. The zero-order valence-corrected chi connectivity index (χ0v) is 38.5. The van der Waals surface area contributed by atoms with Gasteiger partial charge in [-0.05, 0) is 162 Å². The van der Waals surface area contributed by atoms with Gasteiger partial charge in [-0.25, -0.2) is 0 Å². The maximum atomic E-state index is 2.36. The van der Waals surface area contributed by atoms with Gasteiger partial charge >= 0.3 is 0 Å². The van der Waals surface area contributed by atoms with Crippen LogP contribution in [-0.2, 0) is 0 Å². The Balaban J connectivity index is 0.824. The molecule has 0 atom stereocenters. The largest absolute Gasteiger partial charge is 0.311 e. The lowest BCUT2D eigenvalue weighted by atomic mass is 10.0. The van der Waals surface area contributed by atoms with Crippen molar-refractivity contribution in [3.63, 3.8) is 0 Å². The number of benzene rings is 11. The van der Waals surface area contributed by atoms with Crippen molar-refractivity contribution in [1.29, 1.82) is 0 Å². The first-order chi connectivity index (χ1) is 34.7. The fraction of sp³-hybridized carbons (Fsp3) is 0. The summed E-state index contributed by atoms with van der Waals surface area (Å²) in [5.74, 6) is 0. The number of aromatic nitrogens is 1. The molecular formula is C66H48N4. The lowest BCUT2D eigenvalue weighted by molar-refractivity contribution is 1.18. The molecule has 0 saturated carbocycles. The second kappa shape index (κ2) is 18.7. The van der Waals surface area contributed by atoms with Gasteiger partial charge < -0.3 is 19.3 Å². The third kappa shape index (κ3) is 8.14. The molecule has 11 aromatic carbocycles. The minimum Gasteiger partial charge on any atom is -0.311 e. The predicted molar refractivity (Wildman–Crippen MR) is 296 cm³/mol.